The minimum atomic E-state index is -0.597. The molecule has 15 heavy (non-hydrogen) atoms. The number of carbonyl (C=O) groups excluding carboxylic acids is 1. The Morgan fingerprint density at radius 2 is 2.13 bits per heavy atom. The molecular weight excluding hydrogens is 190 g/mol. The molecule has 1 rings (SSSR count). The normalized spacial score (nSPS) is 20.7. The van der Waals surface area contributed by atoms with Crippen LogP contribution in [-0.4, -0.2) is 42.0 Å². The van der Waals surface area contributed by atoms with Gasteiger partial charge in [-0.2, -0.15) is 0 Å². The van der Waals surface area contributed by atoms with E-state index in [1.54, 1.807) is 0 Å². The SMILES string of the molecule is CC(C)N(C)CC(C)(NC1CC1)C(N)=O. The van der Waals surface area contributed by atoms with Crippen molar-refractivity contribution in [3.63, 3.8) is 0 Å². The number of nitrogens with zero attached hydrogens (tertiary/aromatic N) is 1. The average molecular weight is 213 g/mol. The molecule has 0 saturated heterocycles. The quantitative estimate of drug-likeness (QED) is 0.668. The highest BCUT2D eigenvalue weighted by Gasteiger charge is 2.38. The van der Waals surface area contributed by atoms with Crippen LogP contribution < -0.4 is 11.1 Å². The van der Waals surface area contributed by atoms with Gasteiger partial charge in [0.1, 0.15) is 5.54 Å². The summed E-state index contributed by atoms with van der Waals surface area (Å²) in [6, 6.07) is 0.910. The van der Waals surface area contributed by atoms with E-state index in [1.807, 2.05) is 14.0 Å². The van der Waals surface area contributed by atoms with E-state index in [0.29, 0.717) is 18.6 Å². The van der Waals surface area contributed by atoms with Crippen LogP contribution in [0.2, 0.25) is 0 Å². The van der Waals surface area contributed by atoms with Gasteiger partial charge in [0.25, 0.3) is 0 Å². The van der Waals surface area contributed by atoms with Gasteiger partial charge in [0.05, 0.1) is 0 Å². The highest BCUT2D eigenvalue weighted by molar-refractivity contribution is 5.84. The lowest BCUT2D eigenvalue weighted by molar-refractivity contribution is -0.124. The molecule has 0 aromatic rings. The molecule has 88 valence electrons. The Kier molecular flexibility index (Phi) is 3.73. The Hall–Kier alpha value is -0.610. The molecular formula is C11H23N3O. The van der Waals surface area contributed by atoms with Crippen LogP contribution in [0.5, 0.6) is 0 Å². The van der Waals surface area contributed by atoms with E-state index in [9.17, 15) is 4.79 Å². The highest BCUT2D eigenvalue weighted by atomic mass is 16.1. The second kappa shape index (κ2) is 4.49. The second-order valence-corrected chi connectivity index (χ2v) is 5.12. The predicted octanol–water partition coefficient (Wildman–Crippen LogP) is 0.323. The van der Waals surface area contributed by atoms with Crippen molar-refractivity contribution in [2.24, 2.45) is 5.73 Å². The van der Waals surface area contributed by atoms with Gasteiger partial charge < -0.3 is 10.6 Å². The maximum absolute atomic E-state index is 11.5. The van der Waals surface area contributed by atoms with Crippen LogP contribution >= 0.6 is 0 Å². The molecule has 1 atom stereocenters. The van der Waals surface area contributed by atoms with Crippen molar-refractivity contribution in [2.45, 2.75) is 51.2 Å². The van der Waals surface area contributed by atoms with Crippen LogP contribution in [0, 0.1) is 0 Å². The summed E-state index contributed by atoms with van der Waals surface area (Å²) in [6.07, 6.45) is 2.32. The minimum Gasteiger partial charge on any atom is -0.368 e. The zero-order chi connectivity index (χ0) is 11.6. The van der Waals surface area contributed by atoms with Crippen molar-refractivity contribution in [1.29, 1.82) is 0 Å². The van der Waals surface area contributed by atoms with Crippen molar-refractivity contribution in [1.82, 2.24) is 10.2 Å². The molecule has 0 aliphatic heterocycles. The summed E-state index contributed by atoms with van der Waals surface area (Å²) in [6.45, 7) is 6.78. The van der Waals surface area contributed by atoms with Gasteiger partial charge in [-0.05, 0) is 40.7 Å². The fraction of sp³-hybridized carbons (Fsp3) is 0.909. The molecule has 3 N–H and O–H groups in total. The van der Waals surface area contributed by atoms with Crippen LogP contribution in [0.4, 0.5) is 0 Å². The molecule has 1 unspecified atom stereocenters. The first-order chi connectivity index (χ1) is 6.85. The third-order valence-electron chi connectivity index (χ3n) is 3.09. The zero-order valence-electron chi connectivity index (χ0n) is 10.2. The molecule has 0 spiro atoms. The molecule has 0 radical (unpaired) electrons. The summed E-state index contributed by atoms with van der Waals surface area (Å²) < 4.78 is 0. The maximum Gasteiger partial charge on any atom is 0.238 e. The van der Waals surface area contributed by atoms with Crippen LogP contribution in [0.25, 0.3) is 0 Å². The molecule has 1 aliphatic carbocycles. The van der Waals surface area contributed by atoms with E-state index in [0.717, 1.165) is 12.8 Å². The monoisotopic (exact) mass is 213 g/mol. The molecule has 1 saturated carbocycles. The topological polar surface area (TPSA) is 58.4 Å². The molecule has 0 bridgehead atoms. The Morgan fingerprint density at radius 3 is 2.47 bits per heavy atom. The summed E-state index contributed by atoms with van der Waals surface area (Å²) >= 11 is 0. The summed E-state index contributed by atoms with van der Waals surface area (Å²) in [4.78, 5) is 13.6. The average Bonchev–Trinajstić information content (AvgIpc) is 2.87. The summed E-state index contributed by atoms with van der Waals surface area (Å²) in [5.41, 5.74) is 4.87. The van der Waals surface area contributed by atoms with Gasteiger partial charge in [0.15, 0.2) is 0 Å². The molecule has 4 nitrogen and oxygen atoms in total. The fourth-order valence-corrected chi connectivity index (χ4v) is 1.55. The number of likely N-dealkylation sites (N-methyl/N-ethyl adjacent to an activating group) is 1. The molecule has 4 heteroatoms. The Balaban J connectivity index is 2.58. The van der Waals surface area contributed by atoms with Gasteiger partial charge in [-0.1, -0.05) is 0 Å². The first-order valence-corrected chi connectivity index (χ1v) is 5.63. The highest BCUT2D eigenvalue weighted by Crippen LogP contribution is 2.23. The number of hydrogen-bond acceptors (Lipinski definition) is 3. The van der Waals surface area contributed by atoms with E-state index in [1.165, 1.54) is 0 Å². The molecule has 0 aromatic carbocycles. The van der Waals surface area contributed by atoms with Crippen molar-refractivity contribution in [3.8, 4) is 0 Å². The van der Waals surface area contributed by atoms with E-state index in [4.69, 9.17) is 5.73 Å². The van der Waals surface area contributed by atoms with E-state index in [-0.39, 0.29) is 5.91 Å². The van der Waals surface area contributed by atoms with Gasteiger partial charge in [-0.15, -0.1) is 0 Å². The van der Waals surface area contributed by atoms with Crippen molar-refractivity contribution in [2.75, 3.05) is 13.6 Å². The van der Waals surface area contributed by atoms with E-state index < -0.39 is 5.54 Å². The molecule has 1 amide bonds. The zero-order valence-corrected chi connectivity index (χ0v) is 10.2. The number of nitrogens with two attached hydrogens (primary N) is 1. The van der Waals surface area contributed by atoms with Crippen LogP contribution in [0.15, 0.2) is 0 Å². The lowest BCUT2D eigenvalue weighted by atomic mass is 10.00. The van der Waals surface area contributed by atoms with Crippen LogP contribution in [0.1, 0.15) is 33.6 Å². The number of rotatable bonds is 6. The van der Waals surface area contributed by atoms with Crippen LogP contribution in [0.3, 0.4) is 0 Å². The van der Waals surface area contributed by atoms with E-state index >= 15 is 0 Å². The number of amides is 1. The second-order valence-electron chi connectivity index (χ2n) is 5.12. The Morgan fingerprint density at radius 1 is 1.60 bits per heavy atom. The smallest absolute Gasteiger partial charge is 0.238 e. The number of hydrogen-bond donors (Lipinski definition) is 2. The van der Waals surface area contributed by atoms with Crippen molar-refractivity contribution >= 4 is 5.91 Å². The molecule has 0 heterocycles. The first-order valence-electron chi connectivity index (χ1n) is 5.63. The van der Waals surface area contributed by atoms with Gasteiger partial charge in [-0.25, -0.2) is 0 Å². The van der Waals surface area contributed by atoms with Gasteiger partial charge in [0, 0.05) is 18.6 Å². The molecule has 0 aromatic heterocycles. The third kappa shape index (κ3) is 3.47. The Labute approximate surface area is 92.2 Å². The Bertz CT molecular complexity index is 238. The lowest BCUT2D eigenvalue weighted by Gasteiger charge is -2.34. The standard InChI is InChI=1S/C11H23N3O/c1-8(2)14(4)7-11(3,10(12)15)13-9-5-6-9/h8-9,13H,5-7H2,1-4H3,(H2,12,15). The van der Waals surface area contributed by atoms with Crippen LogP contribution in [-0.2, 0) is 4.79 Å². The van der Waals surface area contributed by atoms with Gasteiger partial charge >= 0.3 is 0 Å². The minimum absolute atomic E-state index is 0.262. The first kappa shape index (κ1) is 12.5. The molecule has 1 fully saturated rings. The summed E-state index contributed by atoms with van der Waals surface area (Å²) in [5.74, 6) is -0.262. The maximum atomic E-state index is 11.5. The van der Waals surface area contributed by atoms with Crippen molar-refractivity contribution < 1.29 is 4.79 Å². The third-order valence-corrected chi connectivity index (χ3v) is 3.09. The largest absolute Gasteiger partial charge is 0.368 e. The number of nitrogens with one attached hydrogen (secondary N) is 1. The number of carbonyl (C=O) groups is 1. The summed E-state index contributed by atoms with van der Waals surface area (Å²) in [7, 11) is 2.01. The van der Waals surface area contributed by atoms with Crippen molar-refractivity contribution in [3.05, 3.63) is 0 Å². The van der Waals surface area contributed by atoms with E-state index in [2.05, 4.69) is 24.1 Å². The molecule has 1 aliphatic rings. The predicted molar refractivity (Wildman–Crippen MR) is 61.5 cm³/mol. The summed E-state index contributed by atoms with van der Waals surface area (Å²) in [5, 5.41) is 3.34. The number of primary amides is 1. The van der Waals surface area contributed by atoms with Gasteiger partial charge in [0.2, 0.25) is 5.91 Å². The fourth-order valence-electron chi connectivity index (χ4n) is 1.55. The van der Waals surface area contributed by atoms with Gasteiger partial charge in [-0.3, -0.25) is 10.1 Å². The lowest BCUT2D eigenvalue weighted by Crippen LogP contribution is -2.60.